The van der Waals surface area contributed by atoms with Gasteiger partial charge in [-0.15, -0.1) is 0 Å². The van der Waals surface area contributed by atoms with Crippen molar-refractivity contribution in [3.63, 3.8) is 0 Å². The minimum Gasteiger partial charge on any atom is -0.506 e. The number of piperazine rings is 1. The molecule has 2 aliphatic rings. The molecule has 3 heterocycles. The fourth-order valence-electron chi connectivity index (χ4n) is 4.52. The van der Waals surface area contributed by atoms with Crippen LogP contribution in [0.15, 0.2) is 30.3 Å². The first kappa shape index (κ1) is 20.0. The molecule has 0 radical (unpaired) electrons. The lowest BCUT2D eigenvalue weighted by atomic mass is 10.1. The smallest absolute Gasteiger partial charge is 0.178 e. The standard InChI is InChI=1S/C23H31N3O3/c1-17-14-20(18(2)26(17)15-19-6-5-13-29-19)23(28)16-24-9-11-25(12-10-24)21-7-3-4-8-22(21)27/h3-4,7-8,14,19,27H,5-6,9-13,15-16H2,1-2H3. The molecule has 6 heteroatoms. The lowest BCUT2D eigenvalue weighted by molar-refractivity contribution is 0.0918. The first-order valence-corrected chi connectivity index (χ1v) is 10.6. The average molecular weight is 398 g/mol. The summed E-state index contributed by atoms with van der Waals surface area (Å²) in [4.78, 5) is 17.4. The number of aromatic nitrogens is 1. The van der Waals surface area contributed by atoms with E-state index in [9.17, 15) is 9.90 Å². The van der Waals surface area contributed by atoms with E-state index in [4.69, 9.17) is 4.74 Å². The molecule has 1 atom stereocenters. The Bertz CT molecular complexity index is 862. The number of aromatic hydroxyl groups is 1. The minimum atomic E-state index is 0.188. The fourth-order valence-corrected chi connectivity index (χ4v) is 4.52. The Labute approximate surface area is 172 Å². The Hall–Kier alpha value is -2.31. The van der Waals surface area contributed by atoms with Gasteiger partial charge in [0, 0.05) is 56.3 Å². The summed E-state index contributed by atoms with van der Waals surface area (Å²) < 4.78 is 8.01. The predicted molar refractivity (Wildman–Crippen MR) is 114 cm³/mol. The lowest BCUT2D eigenvalue weighted by Crippen LogP contribution is -2.48. The third kappa shape index (κ3) is 4.33. The summed E-state index contributed by atoms with van der Waals surface area (Å²) in [6, 6.07) is 9.47. The number of ether oxygens (including phenoxy) is 1. The molecule has 1 N–H and O–H groups in total. The van der Waals surface area contributed by atoms with E-state index in [1.807, 2.05) is 31.2 Å². The molecule has 0 amide bonds. The van der Waals surface area contributed by atoms with Gasteiger partial charge in [-0.05, 0) is 44.9 Å². The van der Waals surface area contributed by atoms with E-state index in [1.165, 1.54) is 0 Å². The van der Waals surface area contributed by atoms with Crippen LogP contribution in [0.5, 0.6) is 5.75 Å². The maximum Gasteiger partial charge on any atom is 0.178 e. The van der Waals surface area contributed by atoms with Gasteiger partial charge >= 0.3 is 0 Å². The number of carbonyl (C=O) groups excluding carboxylic acids is 1. The van der Waals surface area contributed by atoms with Gasteiger partial charge in [0.15, 0.2) is 5.78 Å². The Balaban J connectivity index is 1.36. The van der Waals surface area contributed by atoms with Crippen LogP contribution in [-0.2, 0) is 11.3 Å². The molecule has 1 aromatic heterocycles. The van der Waals surface area contributed by atoms with Gasteiger partial charge in [0.2, 0.25) is 0 Å². The zero-order chi connectivity index (χ0) is 20.4. The molecule has 156 valence electrons. The van der Waals surface area contributed by atoms with E-state index in [1.54, 1.807) is 6.07 Å². The highest BCUT2D eigenvalue weighted by Crippen LogP contribution is 2.27. The number of aryl methyl sites for hydroxylation is 1. The van der Waals surface area contributed by atoms with Crippen molar-refractivity contribution in [1.82, 2.24) is 9.47 Å². The Morgan fingerprint density at radius 1 is 1.17 bits per heavy atom. The van der Waals surface area contributed by atoms with Gasteiger partial charge in [0.1, 0.15) is 5.75 Å². The second-order valence-corrected chi connectivity index (χ2v) is 8.21. The summed E-state index contributed by atoms with van der Waals surface area (Å²) in [6.45, 7) is 9.50. The first-order chi connectivity index (χ1) is 14.0. The van der Waals surface area contributed by atoms with Crippen molar-refractivity contribution in [3.05, 3.63) is 47.3 Å². The zero-order valence-corrected chi connectivity index (χ0v) is 17.4. The molecule has 2 saturated heterocycles. The summed E-state index contributed by atoms with van der Waals surface area (Å²) in [7, 11) is 0. The zero-order valence-electron chi connectivity index (χ0n) is 17.4. The van der Waals surface area contributed by atoms with Gasteiger partial charge in [0.05, 0.1) is 18.3 Å². The van der Waals surface area contributed by atoms with Crippen LogP contribution in [0.3, 0.4) is 0 Å². The van der Waals surface area contributed by atoms with Crippen molar-refractivity contribution in [2.24, 2.45) is 0 Å². The number of phenolic OH excluding ortho intramolecular Hbond substituents is 1. The van der Waals surface area contributed by atoms with Gasteiger partial charge < -0.3 is 19.3 Å². The van der Waals surface area contributed by atoms with E-state index in [0.717, 1.165) is 74.8 Å². The number of benzene rings is 1. The van der Waals surface area contributed by atoms with E-state index in [2.05, 4.69) is 21.3 Å². The van der Waals surface area contributed by atoms with Crippen LogP contribution < -0.4 is 4.90 Å². The van der Waals surface area contributed by atoms with Gasteiger partial charge in [-0.1, -0.05) is 12.1 Å². The summed E-state index contributed by atoms with van der Waals surface area (Å²) in [6.07, 6.45) is 2.50. The van der Waals surface area contributed by atoms with Gasteiger partial charge in [-0.2, -0.15) is 0 Å². The van der Waals surface area contributed by atoms with Crippen molar-refractivity contribution in [1.29, 1.82) is 0 Å². The molecule has 0 aliphatic carbocycles. The lowest BCUT2D eigenvalue weighted by Gasteiger charge is -2.36. The van der Waals surface area contributed by atoms with Crippen LogP contribution in [0.25, 0.3) is 0 Å². The minimum absolute atomic E-state index is 0.188. The molecule has 2 aromatic rings. The second kappa shape index (κ2) is 8.59. The summed E-state index contributed by atoms with van der Waals surface area (Å²) in [5.41, 5.74) is 3.89. The Morgan fingerprint density at radius 2 is 1.93 bits per heavy atom. The number of rotatable bonds is 6. The van der Waals surface area contributed by atoms with Crippen LogP contribution in [0, 0.1) is 13.8 Å². The number of phenols is 1. The summed E-state index contributed by atoms with van der Waals surface area (Å²) in [5, 5.41) is 10.1. The topological polar surface area (TPSA) is 57.9 Å². The van der Waals surface area contributed by atoms with Gasteiger partial charge in [-0.3, -0.25) is 9.69 Å². The molecule has 4 rings (SSSR count). The van der Waals surface area contributed by atoms with Crippen molar-refractivity contribution in [2.75, 3.05) is 44.2 Å². The molecule has 2 aliphatic heterocycles. The number of hydrogen-bond acceptors (Lipinski definition) is 5. The van der Waals surface area contributed by atoms with Gasteiger partial charge in [0.25, 0.3) is 0 Å². The number of ketones is 1. The van der Waals surface area contributed by atoms with E-state index >= 15 is 0 Å². The van der Waals surface area contributed by atoms with Gasteiger partial charge in [-0.25, -0.2) is 0 Å². The molecule has 0 spiro atoms. The maximum atomic E-state index is 13.0. The molecular formula is C23H31N3O3. The van der Waals surface area contributed by atoms with Crippen LogP contribution in [0.2, 0.25) is 0 Å². The highest BCUT2D eigenvalue weighted by atomic mass is 16.5. The molecule has 6 nitrogen and oxygen atoms in total. The van der Waals surface area contributed by atoms with Crippen LogP contribution in [0.1, 0.15) is 34.6 Å². The molecule has 0 bridgehead atoms. The summed E-state index contributed by atoms with van der Waals surface area (Å²) >= 11 is 0. The normalized spacial score (nSPS) is 20.3. The molecular weight excluding hydrogens is 366 g/mol. The highest BCUT2D eigenvalue weighted by molar-refractivity contribution is 5.99. The van der Waals surface area contributed by atoms with Crippen molar-refractivity contribution in [2.45, 2.75) is 39.3 Å². The third-order valence-electron chi connectivity index (χ3n) is 6.25. The van der Waals surface area contributed by atoms with Crippen molar-refractivity contribution >= 4 is 11.5 Å². The van der Waals surface area contributed by atoms with Crippen LogP contribution in [-0.4, -0.2) is 65.8 Å². The quantitative estimate of drug-likeness (QED) is 0.760. The van der Waals surface area contributed by atoms with E-state index in [-0.39, 0.29) is 11.9 Å². The molecule has 2 fully saturated rings. The second-order valence-electron chi connectivity index (χ2n) is 8.21. The van der Waals surface area contributed by atoms with Crippen molar-refractivity contribution in [3.8, 4) is 5.75 Å². The fraction of sp³-hybridized carbons (Fsp3) is 0.522. The largest absolute Gasteiger partial charge is 0.506 e. The number of carbonyl (C=O) groups is 1. The van der Waals surface area contributed by atoms with E-state index in [0.29, 0.717) is 12.3 Å². The average Bonchev–Trinajstić information content (AvgIpc) is 3.33. The number of Topliss-reactive ketones (excluding diaryl/α,β-unsaturated/α-hetero) is 1. The van der Waals surface area contributed by atoms with Crippen molar-refractivity contribution < 1.29 is 14.6 Å². The van der Waals surface area contributed by atoms with E-state index < -0.39 is 0 Å². The number of para-hydroxylation sites is 2. The number of nitrogens with zero attached hydrogens (tertiary/aromatic N) is 3. The number of anilines is 1. The number of hydrogen-bond donors (Lipinski definition) is 1. The third-order valence-corrected chi connectivity index (χ3v) is 6.25. The molecule has 0 saturated carbocycles. The molecule has 1 aromatic carbocycles. The molecule has 29 heavy (non-hydrogen) atoms. The first-order valence-electron chi connectivity index (χ1n) is 10.6. The SMILES string of the molecule is Cc1cc(C(=O)CN2CCN(c3ccccc3O)CC2)c(C)n1CC1CCCO1. The predicted octanol–water partition coefficient (Wildman–Crippen LogP) is 2.99. The maximum absolute atomic E-state index is 13.0. The Kier molecular flexibility index (Phi) is 5.92. The highest BCUT2D eigenvalue weighted by Gasteiger charge is 2.24. The van der Waals surface area contributed by atoms with Crippen LogP contribution in [0.4, 0.5) is 5.69 Å². The monoisotopic (exact) mass is 397 g/mol. The molecule has 1 unspecified atom stereocenters. The Morgan fingerprint density at radius 3 is 2.62 bits per heavy atom. The van der Waals surface area contributed by atoms with Crippen LogP contribution >= 0.6 is 0 Å². The summed E-state index contributed by atoms with van der Waals surface area (Å²) in [5.74, 6) is 0.503.